The number of aromatic nitrogens is 3. The van der Waals surface area contributed by atoms with Gasteiger partial charge in [-0.3, -0.25) is 0 Å². The number of rotatable bonds is 4. The smallest absolute Gasteiger partial charge is 0.228 e. The van der Waals surface area contributed by atoms with E-state index < -0.39 is 0 Å². The van der Waals surface area contributed by atoms with Gasteiger partial charge in [-0.1, -0.05) is 16.8 Å². The van der Waals surface area contributed by atoms with E-state index in [4.69, 9.17) is 16.1 Å². The Bertz CT molecular complexity index is 388. The molecule has 0 aliphatic carbocycles. The Balaban J connectivity index is 1.78. The van der Waals surface area contributed by atoms with Crippen LogP contribution >= 0.6 is 22.9 Å². The summed E-state index contributed by atoms with van der Waals surface area (Å²) in [7, 11) is 0. The molecule has 7 heteroatoms. The molecule has 0 saturated carbocycles. The lowest BCUT2D eigenvalue weighted by Gasteiger charge is -1.97. The van der Waals surface area contributed by atoms with E-state index in [-0.39, 0.29) is 0 Å². The fourth-order valence-corrected chi connectivity index (χ4v) is 1.78. The summed E-state index contributed by atoms with van der Waals surface area (Å²) in [6.07, 6.45) is 2.06. The van der Waals surface area contributed by atoms with Crippen LogP contribution < -0.4 is 5.32 Å². The Hall–Kier alpha value is -1.14. The van der Waals surface area contributed by atoms with Crippen molar-refractivity contribution >= 4 is 28.1 Å². The number of hydrogen-bond donors (Lipinski definition) is 1. The van der Waals surface area contributed by atoms with Crippen molar-refractivity contribution in [3.05, 3.63) is 22.8 Å². The zero-order valence-corrected chi connectivity index (χ0v) is 8.68. The third kappa shape index (κ3) is 2.43. The van der Waals surface area contributed by atoms with Crippen LogP contribution in [-0.2, 0) is 6.42 Å². The normalized spacial score (nSPS) is 10.4. The summed E-state index contributed by atoms with van der Waals surface area (Å²) in [5.74, 6) is 0.611. The molecule has 0 aliphatic rings. The average Bonchev–Trinajstić information content (AvgIpc) is 2.77. The van der Waals surface area contributed by atoms with Gasteiger partial charge >= 0.3 is 0 Å². The molecule has 0 amide bonds. The molecule has 14 heavy (non-hydrogen) atoms. The van der Waals surface area contributed by atoms with E-state index in [0.717, 1.165) is 5.13 Å². The first-order valence-electron chi connectivity index (χ1n) is 3.95. The maximum Gasteiger partial charge on any atom is 0.228 e. The topological polar surface area (TPSA) is 63.8 Å². The Labute approximate surface area is 89.1 Å². The number of anilines is 1. The highest BCUT2D eigenvalue weighted by molar-refractivity contribution is 7.14. The molecule has 2 rings (SSSR count). The van der Waals surface area contributed by atoms with Crippen molar-refractivity contribution in [1.29, 1.82) is 0 Å². The lowest BCUT2D eigenvalue weighted by molar-refractivity contribution is 0.380. The van der Waals surface area contributed by atoms with Gasteiger partial charge in [0.15, 0.2) is 11.5 Å². The summed E-state index contributed by atoms with van der Waals surface area (Å²) in [6, 6.07) is 0. The van der Waals surface area contributed by atoms with Crippen molar-refractivity contribution in [2.45, 2.75) is 6.42 Å². The van der Waals surface area contributed by atoms with Crippen LogP contribution in [0, 0.1) is 0 Å². The molecule has 2 heterocycles. The van der Waals surface area contributed by atoms with E-state index in [1.54, 1.807) is 5.38 Å². The molecule has 0 unspecified atom stereocenters. The first kappa shape index (κ1) is 9.42. The van der Waals surface area contributed by atoms with Crippen LogP contribution in [0.15, 0.2) is 16.2 Å². The van der Waals surface area contributed by atoms with Gasteiger partial charge in [0.1, 0.15) is 5.15 Å². The highest BCUT2D eigenvalue weighted by atomic mass is 35.5. The molecule has 2 aromatic heterocycles. The van der Waals surface area contributed by atoms with Gasteiger partial charge in [-0.15, -0.1) is 11.3 Å². The molecule has 0 spiro atoms. The predicted molar refractivity (Wildman–Crippen MR) is 53.6 cm³/mol. The van der Waals surface area contributed by atoms with Gasteiger partial charge in [-0.25, -0.2) is 4.98 Å². The van der Waals surface area contributed by atoms with Gasteiger partial charge < -0.3 is 9.84 Å². The number of nitrogens with one attached hydrogen (secondary N) is 1. The SMILES string of the molecule is Clc1csc(NCCc2ncno2)n1. The lowest BCUT2D eigenvalue weighted by atomic mass is 10.4. The van der Waals surface area contributed by atoms with Crippen LogP contribution in [-0.4, -0.2) is 21.7 Å². The van der Waals surface area contributed by atoms with Crippen molar-refractivity contribution in [3.8, 4) is 0 Å². The van der Waals surface area contributed by atoms with Crippen molar-refractivity contribution in [1.82, 2.24) is 15.1 Å². The maximum absolute atomic E-state index is 5.66. The molecule has 1 N–H and O–H groups in total. The molecule has 0 aromatic carbocycles. The predicted octanol–water partition coefficient (Wildman–Crippen LogP) is 1.83. The molecule has 0 bridgehead atoms. The first-order valence-corrected chi connectivity index (χ1v) is 5.21. The van der Waals surface area contributed by atoms with Crippen LogP contribution in [0.25, 0.3) is 0 Å². The number of halogens is 1. The minimum absolute atomic E-state index is 0.510. The van der Waals surface area contributed by atoms with E-state index in [2.05, 4.69) is 20.4 Å². The fourth-order valence-electron chi connectivity index (χ4n) is 0.918. The summed E-state index contributed by atoms with van der Waals surface area (Å²) in [4.78, 5) is 7.93. The van der Waals surface area contributed by atoms with Gasteiger partial charge in [0.25, 0.3) is 0 Å². The first-order chi connectivity index (χ1) is 6.84. The third-order valence-corrected chi connectivity index (χ3v) is 2.62. The Kier molecular flexibility index (Phi) is 2.95. The van der Waals surface area contributed by atoms with Crippen LogP contribution in [0.5, 0.6) is 0 Å². The molecular weight excluding hydrogens is 224 g/mol. The van der Waals surface area contributed by atoms with Crippen molar-refractivity contribution in [2.75, 3.05) is 11.9 Å². The third-order valence-electron chi connectivity index (χ3n) is 1.50. The number of hydrogen-bond acceptors (Lipinski definition) is 6. The van der Waals surface area contributed by atoms with Crippen LogP contribution in [0.2, 0.25) is 5.15 Å². The Morgan fingerprint density at radius 3 is 3.14 bits per heavy atom. The number of thiazole rings is 1. The molecule has 0 aliphatic heterocycles. The van der Waals surface area contributed by atoms with Crippen molar-refractivity contribution in [2.24, 2.45) is 0 Å². The molecule has 2 aromatic rings. The van der Waals surface area contributed by atoms with Gasteiger partial charge in [0, 0.05) is 18.3 Å². The molecule has 74 valence electrons. The van der Waals surface area contributed by atoms with Gasteiger partial charge in [-0.2, -0.15) is 4.98 Å². The summed E-state index contributed by atoms with van der Waals surface area (Å²) in [6.45, 7) is 0.700. The molecule has 0 saturated heterocycles. The van der Waals surface area contributed by atoms with Crippen LogP contribution in [0.1, 0.15) is 5.89 Å². The Morgan fingerprint density at radius 1 is 1.57 bits per heavy atom. The van der Waals surface area contributed by atoms with Gasteiger partial charge in [0.05, 0.1) is 0 Å². The molecular formula is C7H7ClN4OS. The zero-order chi connectivity index (χ0) is 9.80. The van der Waals surface area contributed by atoms with E-state index in [0.29, 0.717) is 24.0 Å². The molecule has 5 nitrogen and oxygen atoms in total. The van der Waals surface area contributed by atoms with E-state index >= 15 is 0 Å². The summed E-state index contributed by atoms with van der Waals surface area (Å²) < 4.78 is 4.83. The van der Waals surface area contributed by atoms with E-state index in [1.807, 2.05) is 0 Å². The fraction of sp³-hybridized carbons (Fsp3) is 0.286. The minimum Gasteiger partial charge on any atom is -0.361 e. The average molecular weight is 231 g/mol. The maximum atomic E-state index is 5.66. The van der Waals surface area contributed by atoms with Crippen LogP contribution in [0.4, 0.5) is 5.13 Å². The van der Waals surface area contributed by atoms with E-state index in [9.17, 15) is 0 Å². The van der Waals surface area contributed by atoms with Gasteiger partial charge in [0.2, 0.25) is 5.89 Å². The highest BCUT2D eigenvalue weighted by Crippen LogP contribution is 2.18. The summed E-state index contributed by atoms with van der Waals surface area (Å²) in [5, 5.41) is 9.69. The monoisotopic (exact) mass is 230 g/mol. The quantitative estimate of drug-likeness (QED) is 0.868. The zero-order valence-electron chi connectivity index (χ0n) is 7.11. The summed E-state index contributed by atoms with van der Waals surface area (Å²) in [5.41, 5.74) is 0. The molecule has 0 radical (unpaired) electrons. The second-order valence-corrected chi connectivity index (χ2v) is 3.73. The molecule has 0 atom stereocenters. The second kappa shape index (κ2) is 4.39. The number of nitrogens with zero attached hydrogens (tertiary/aromatic N) is 3. The van der Waals surface area contributed by atoms with Gasteiger partial charge in [-0.05, 0) is 0 Å². The lowest BCUT2D eigenvalue weighted by Crippen LogP contribution is -2.04. The van der Waals surface area contributed by atoms with E-state index in [1.165, 1.54) is 17.7 Å². The second-order valence-electron chi connectivity index (χ2n) is 2.49. The largest absolute Gasteiger partial charge is 0.361 e. The highest BCUT2D eigenvalue weighted by Gasteiger charge is 2.01. The van der Waals surface area contributed by atoms with Crippen molar-refractivity contribution in [3.63, 3.8) is 0 Å². The Morgan fingerprint density at radius 2 is 2.50 bits per heavy atom. The standard InChI is InChI=1S/C7H7ClN4OS/c8-5-3-14-7(12-5)9-2-1-6-10-4-11-13-6/h3-4H,1-2H2,(H,9,12). The minimum atomic E-state index is 0.510. The molecule has 0 fully saturated rings. The summed E-state index contributed by atoms with van der Waals surface area (Å²) >= 11 is 7.12. The van der Waals surface area contributed by atoms with Crippen LogP contribution in [0.3, 0.4) is 0 Å². The van der Waals surface area contributed by atoms with Crippen molar-refractivity contribution < 1.29 is 4.52 Å².